The molecule has 0 radical (unpaired) electrons. The zero-order valence-corrected chi connectivity index (χ0v) is 11.5. The average molecular weight is 270 g/mol. The maximum atomic E-state index is 11.7. The second-order valence-electron chi connectivity index (χ2n) is 4.40. The smallest absolute Gasteiger partial charge is 0.269 e. The van der Waals surface area contributed by atoms with E-state index in [1.807, 2.05) is 25.1 Å². The first-order chi connectivity index (χ1) is 9.79. The topological polar surface area (TPSA) is 66.9 Å². The van der Waals surface area contributed by atoms with Gasteiger partial charge in [-0.2, -0.15) is 0 Å². The molecule has 2 aromatic rings. The van der Waals surface area contributed by atoms with E-state index in [1.165, 1.54) is 0 Å². The molecule has 2 N–H and O–H groups in total. The van der Waals surface area contributed by atoms with Crippen LogP contribution in [0.25, 0.3) is 0 Å². The molecule has 20 heavy (non-hydrogen) atoms. The number of nitrogens with one attached hydrogen (secondary N) is 2. The van der Waals surface area contributed by atoms with Gasteiger partial charge in [-0.15, -0.1) is 0 Å². The van der Waals surface area contributed by atoms with E-state index in [9.17, 15) is 4.79 Å². The Morgan fingerprint density at radius 1 is 1.20 bits per heavy atom. The molecule has 2 aromatic heterocycles. The highest BCUT2D eigenvalue weighted by Gasteiger charge is 2.05. The fraction of sp³-hybridized carbons (Fsp3) is 0.267. The lowest BCUT2D eigenvalue weighted by molar-refractivity contribution is 0.0949. The Labute approximate surface area is 118 Å². The third-order valence-corrected chi connectivity index (χ3v) is 2.78. The summed E-state index contributed by atoms with van der Waals surface area (Å²) in [6.07, 6.45) is 6.10. The van der Waals surface area contributed by atoms with E-state index >= 15 is 0 Å². The standard InChI is InChI=1S/C15H18N4O/c1-2-7-17-15(20)14-4-3-13(11-19-14)18-10-12-5-8-16-9-6-12/h3-6,8-9,11,18H,2,7,10H2,1H3,(H,17,20). The highest BCUT2D eigenvalue weighted by molar-refractivity contribution is 5.92. The Hall–Kier alpha value is -2.43. The summed E-state index contributed by atoms with van der Waals surface area (Å²) in [5.41, 5.74) is 2.46. The van der Waals surface area contributed by atoms with Crippen molar-refractivity contribution in [1.82, 2.24) is 15.3 Å². The Kier molecular flexibility index (Phi) is 5.06. The Balaban J connectivity index is 1.90. The summed E-state index contributed by atoms with van der Waals surface area (Å²) in [6.45, 7) is 3.38. The Bertz CT molecular complexity index is 540. The van der Waals surface area contributed by atoms with E-state index in [2.05, 4.69) is 20.6 Å². The molecule has 0 atom stereocenters. The normalized spacial score (nSPS) is 10.1. The number of hydrogen-bond acceptors (Lipinski definition) is 4. The van der Waals surface area contributed by atoms with Gasteiger partial charge in [0.25, 0.3) is 5.91 Å². The Morgan fingerprint density at radius 3 is 2.65 bits per heavy atom. The average Bonchev–Trinajstić information content (AvgIpc) is 2.52. The highest BCUT2D eigenvalue weighted by atomic mass is 16.1. The Morgan fingerprint density at radius 2 is 2.00 bits per heavy atom. The van der Waals surface area contributed by atoms with Gasteiger partial charge in [-0.25, -0.2) is 4.98 Å². The SMILES string of the molecule is CCCNC(=O)c1ccc(NCc2ccncc2)cn1. The molecule has 5 nitrogen and oxygen atoms in total. The van der Waals surface area contributed by atoms with Crippen LogP contribution in [0.15, 0.2) is 42.9 Å². The summed E-state index contributed by atoms with van der Waals surface area (Å²) in [6, 6.07) is 7.48. The van der Waals surface area contributed by atoms with Gasteiger partial charge in [0.05, 0.1) is 11.9 Å². The van der Waals surface area contributed by atoms with E-state index in [0.29, 0.717) is 18.8 Å². The zero-order chi connectivity index (χ0) is 14.2. The van der Waals surface area contributed by atoms with Crippen LogP contribution in [0, 0.1) is 0 Å². The number of hydrogen-bond donors (Lipinski definition) is 2. The molecule has 5 heteroatoms. The molecular weight excluding hydrogens is 252 g/mol. The van der Waals surface area contributed by atoms with Crippen molar-refractivity contribution in [2.45, 2.75) is 19.9 Å². The number of amides is 1. The molecule has 0 bridgehead atoms. The van der Waals surface area contributed by atoms with Crippen LogP contribution >= 0.6 is 0 Å². The molecule has 2 heterocycles. The minimum atomic E-state index is -0.132. The number of carbonyl (C=O) groups is 1. The number of carbonyl (C=O) groups excluding carboxylic acids is 1. The van der Waals surface area contributed by atoms with E-state index in [1.54, 1.807) is 24.7 Å². The van der Waals surface area contributed by atoms with Crippen molar-refractivity contribution in [3.63, 3.8) is 0 Å². The first-order valence-electron chi connectivity index (χ1n) is 6.66. The van der Waals surface area contributed by atoms with Gasteiger partial charge >= 0.3 is 0 Å². The van der Waals surface area contributed by atoms with Crippen molar-refractivity contribution in [2.75, 3.05) is 11.9 Å². The predicted octanol–water partition coefficient (Wildman–Crippen LogP) is 2.23. The lowest BCUT2D eigenvalue weighted by Crippen LogP contribution is -2.24. The molecule has 104 valence electrons. The zero-order valence-electron chi connectivity index (χ0n) is 11.5. The molecule has 0 spiro atoms. The van der Waals surface area contributed by atoms with Gasteiger partial charge in [0.2, 0.25) is 0 Å². The summed E-state index contributed by atoms with van der Waals surface area (Å²) in [5.74, 6) is -0.132. The maximum absolute atomic E-state index is 11.7. The quantitative estimate of drug-likeness (QED) is 0.844. The molecule has 1 amide bonds. The van der Waals surface area contributed by atoms with Crippen LogP contribution < -0.4 is 10.6 Å². The predicted molar refractivity (Wildman–Crippen MR) is 78.4 cm³/mol. The molecule has 0 aliphatic rings. The van der Waals surface area contributed by atoms with E-state index < -0.39 is 0 Å². The van der Waals surface area contributed by atoms with Gasteiger partial charge in [0.15, 0.2) is 0 Å². The number of nitrogens with zero attached hydrogens (tertiary/aromatic N) is 2. The monoisotopic (exact) mass is 270 g/mol. The summed E-state index contributed by atoms with van der Waals surface area (Å²) in [7, 11) is 0. The summed E-state index contributed by atoms with van der Waals surface area (Å²) in [4.78, 5) is 19.8. The molecule has 0 unspecified atom stereocenters. The third-order valence-electron chi connectivity index (χ3n) is 2.78. The van der Waals surface area contributed by atoms with Crippen LogP contribution in [-0.4, -0.2) is 22.4 Å². The van der Waals surface area contributed by atoms with Crippen molar-refractivity contribution in [3.05, 3.63) is 54.1 Å². The molecular formula is C15H18N4O. The van der Waals surface area contributed by atoms with Crippen LogP contribution in [0.3, 0.4) is 0 Å². The molecule has 0 aliphatic carbocycles. The van der Waals surface area contributed by atoms with Crippen LogP contribution in [-0.2, 0) is 6.54 Å². The lowest BCUT2D eigenvalue weighted by atomic mass is 10.2. The van der Waals surface area contributed by atoms with Crippen LogP contribution in [0.1, 0.15) is 29.4 Å². The fourth-order valence-corrected chi connectivity index (χ4v) is 1.67. The number of anilines is 1. The minimum absolute atomic E-state index is 0.132. The second-order valence-corrected chi connectivity index (χ2v) is 4.40. The molecule has 0 aliphatic heterocycles. The summed E-state index contributed by atoms with van der Waals surface area (Å²) in [5, 5.41) is 6.05. The van der Waals surface area contributed by atoms with Crippen molar-refractivity contribution < 1.29 is 4.79 Å². The second kappa shape index (κ2) is 7.23. The van der Waals surface area contributed by atoms with Crippen molar-refractivity contribution in [3.8, 4) is 0 Å². The third kappa shape index (κ3) is 4.05. The molecule has 0 saturated carbocycles. The molecule has 2 rings (SSSR count). The van der Waals surface area contributed by atoms with Crippen LogP contribution in [0.4, 0.5) is 5.69 Å². The molecule has 0 saturated heterocycles. The highest BCUT2D eigenvalue weighted by Crippen LogP contribution is 2.08. The number of pyridine rings is 2. The van der Waals surface area contributed by atoms with Gasteiger partial charge < -0.3 is 10.6 Å². The van der Waals surface area contributed by atoms with Crippen molar-refractivity contribution in [1.29, 1.82) is 0 Å². The number of rotatable bonds is 6. The fourth-order valence-electron chi connectivity index (χ4n) is 1.67. The molecule has 0 aromatic carbocycles. The van der Waals surface area contributed by atoms with E-state index in [-0.39, 0.29) is 5.91 Å². The maximum Gasteiger partial charge on any atom is 0.269 e. The van der Waals surface area contributed by atoms with Gasteiger partial charge in [-0.3, -0.25) is 9.78 Å². The lowest BCUT2D eigenvalue weighted by Gasteiger charge is -2.07. The van der Waals surface area contributed by atoms with Gasteiger partial charge in [0, 0.05) is 25.5 Å². The van der Waals surface area contributed by atoms with Crippen LogP contribution in [0.5, 0.6) is 0 Å². The number of aromatic nitrogens is 2. The van der Waals surface area contributed by atoms with Crippen LogP contribution in [0.2, 0.25) is 0 Å². The van der Waals surface area contributed by atoms with E-state index in [0.717, 1.165) is 17.7 Å². The van der Waals surface area contributed by atoms with E-state index in [4.69, 9.17) is 0 Å². The van der Waals surface area contributed by atoms with Crippen molar-refractivity contribution in [2.24, 2.45) is 0 Å². The minimum Gasteiger partial charge on any atom is -0.380 e. The first-order valence-corrected chi connectivity index (χ1v) is 6.66. The van der Waals surface area contributed by atoms with Gasteiger partial charge in [-0.1, -0.05) is 6.92 Å². The first kappa shape index (κ1) is 14.0. The molecule has 0 fully saturated rings. The summed E-state index contributed by atoms with van der Waals surface area (Å²) < 4.78 is 0. The summed E-state index contributed by atoms with van der Waals surface area (Å²) >= 11 is 0. The van der Waals surface area contributed by atoms with Crippen molar-refractivity contribution >= 4 is 11.6 Å². The van der Waals surface area contributed by atoms with Gasteiger partial charge in [-0.05, 0) is 36.2 Å². The largest absolute Gasteiger partial charge is 0.380 e. The van der Waals surface area contributed by atoms with Gasteiger partial charge in [0.1, 0.15) is 5.69 Å².